The van der Waals surface area contributed by atoms with E-state index in [9.17, 15) is 23.3 Å². The molecule has 2 heterocycles. The van der Waals surface area contributed by atoms with E-state index in [-0.39, 0.29) is 24.1 Å². The second-order valence-electron chi connectivity index (χ2n) is 4.51. The Hall–Kier alpha value is -2.85. The Balaban J connectivity index is 2.12. The molecule has 0 saturated carbocycles. The predicted octanol–water partition coefficient (Wildman–Crippen LogP) is 2.28. The second kappa shape index (κ2) is 6.50. The van der Waals surface area contributed by atoms with E-state index in [1.807, 2.05) is 0 Å². The molecule has 0 radical (unpaired) electrons. The van der Waals surface area contributed by atoms with Crippen LogP contribution in [0.3, 0.4) is 0 Å². The van der Waals surface area contributed by atoms with Gasteiger partial charge in [-0.3, -0.25) is 4.57 Å². The highest BCUT2D eigenvalue weighted by Gasteiger charge is 2.29. The zero-order valence-electron chi connectivity index (χ0n) is 11.9. The first kappa shape index (κ1) is 16.5. The Morgan fingerprint density at radius 2 is 2.17 bits per heavy atom. The molecule has 0 spiro atoms. The normalized spacial score (nSPS) is 11.3. The first-order valence-electron chi connectivity index (χ1n) is 6.31. The van der Waals surface area contributed by atoms with Gasteiger partial charge < -0.3 is 20.2 Å². The van der Waals surface area contributed by atoms with Gasteiger partial charge in [-0.25, -0.2) is 4.98 Å². The minimum atomic E-state index is -4.48. The number of nitro groups is 1. The van der Waals surface area contributed by atoms with Gasteiger partial charge in [-0.2, -0.15) is 13.2 Å². The smallest absolute Gasteiger partial charge is 0.422 e. The van der Waals surface area contributed by atoms with Crippen LogP contribution >= 0.6 is 0 Å². The predicted molar refractivity (Wildman–Crippen MR) is 73.0 cm³/mol. The van der Waals surface area contributed by atoms with Crippen LogP contribution in [0.4, 0.5) is 24.8 Å². The third kappa shape index (κ3) is 4.31. The van der Waals surface area contributed by atoms with Crippen LogP contribution in [0.15, 0.2) is 24.7 Å². The molecule has 2 aromatic rings. The average molecular weight is 331 g/mol. The third-order valence-corrected chi connectivity index (χ3v) is 2.76. The van der Waals surface area contributed by atoms with Crippen LogP contribution in [0.1, 0.15) is 5.56 Å². The van der Waals surface area contributed by atoms with Crippen molar-refractivity contribution in [3.05, 3.63) is 40.3 Å². The summed E-state index contributed by atoms with van der Waals surface area (Å²) in [5, 5.41) is 13.6. The van der Waals surface area contributed by atoms with E-state index in [0.717, 1.165) is 0 Å². The Kier molecular flexibility index (Phi) is 4.67. The molecule has 0 aliphatic heterocycles. The van der Waals surface area contributed by atoms with Crippen LogP contribution < -0.4 is 10.1 Å². The molecule has 0 aromatic carbocycles. The van der Waals surface area contributed by atoms with Crippen LogP contribution in [0, 0.1) is 10.1 Å². The SMILES string of the molecule is Cn1cnc([N+](=O)[O-])c1NCc1cccnc1OCC(F)(F)F. The van der Waals surface area contributed by atoms with E-state index < -0.39 is 17.7 Å². The van der Waals surface area contributed by atoms with Gasteiger partial charge in [-0.05, 0) is 16.0 Å². The highest BCUT2D eigenvalue weighted by Crippen LogP contribution is 2.24. The minimum Gasteiger partial charge on any atom is -0.468 e. The summed E-state index contributed by atoms with van der Waals surface area (Å²) in [5.74, 6) is -0.447. The summed E-state index contributed by atoms with van der Waals surface area (Å²) >= 11 is 0. The van der Waals surface area contributed by atoms with E-state index in [4.69, 9.17) is 0 Å². The fraction of sp³-hybridized carbons (Fsp3) is 0.333. The molecule has 0 bridgehead atoms. The zero-order valence-corrected chi connectivity index (χ0v) is 11.9. The van der Waals surface area contributed by atoms with E-state index in [2.05, 4.69) is 20.0 Å². The fourth-order valence-electron chi connectivity index (χ4n) is 1.77. The van der Waals surface area contributed by atoms with Crippen LogP contribution in [0.2, 0.25) is 0 Å². The van der Waals surface area contributed by atoms with Gasteiger partial charge in [0.2, 0.25) is 18.0 Å². The van der Waals surface area contributed by atoms with Crippen molar-refractivity contribution in [1.82, 2.24) is 14.5 Å². The molecular weight excluding hydrogens is 319 g/mol. The molecule has 0 fully saturated rings. The Morgan fingerprint density at radius 1 is 1.43 bits per heavy atom. The van der Waals surface area contributed by atoms with Crippen LogP contribution in [0.25, 0.3) is 0 Å². The van der Waals surface area contributed by atoms with Gasteiger partial charge in [0.05, 0.1) is 0 Å². The van der Waals surface area contributed by atoms with Crippen LogP contribution in [0.5, 0.6) is 5.88 Å². The van der Waals surface area contributed by atoms with E-state index in [1.54, 1.807) is 7.05 Å². The molecule has 11 heteroatoms. The number of imidazole rings is 1. The maximum atomic E-state index is 12.2. The van der Waals surface area contributed by atoms with E-state index in [0.29, 0.717) is 5.56 Å². The van der Waals surface area contributed by atoms with Crippen molar-refractivity contribution >= 4 is 11.6 Å². The summed E-state index contributed by atoms with van der Waals surface area (Å²) in [6.07, 6.45) is -1.93. The summed E-state index contributed by atoms with van der Waals surface area (Å²) in [4.78, 5) is 17.6. The quantitative estimate of drug-likeness (QED) is 0.644. The summed E-state index contributed by atoms with van der Waals surface area (Å²) in [7, 11) is 1.55. The Bertz CT molecular complexity index is 701. The van der Waals surface area contributed by atoms with Gasteiger partial charge in [0.25, 0.3) is 0 Å². The molecule has 0 aliphatic rings. The molecule has 124 valence electrons. The van der Waals surface area contributed by atoms with Crippen LogP contribution in [-0.2, 0) is 13.6 Å². The molecule has 8 nitrogen and oxygen atoms in total. The second-order valence-corrected chi connectivity index (χ2v) is 4.51. The molecule has 2 aromatic heterocycles. The maximum absolute atomic E-state index is 12.2. The first-order chi connectivity index (χ1) is 10.8. The zero-order chi connectivity index (χ0) is 17.0. The van der Waals surface area contributed by atoms with Gasteiger partial charge >= 0.3 is 12.0 Å². The third-order valence-electron chi connectivity index (χ3n) is 2.76. The highest BCUT2D eigenvalue weighted by atomic mass is 19.4. The van der Waals surface area contributed by atoms with Crippen LogP contribution in [-0.4, -0.2) is 32.2 Å². The monoisotopic (exact) mass is 331 g/mol. The van der Waals surface area contributed by atoms with E-state index in [1.165, 1.54) is 29.2 Å². The van der Waals surface area contributed by atoms with Gasteiger partial charge in [0.15, 0.2) is 6.61 Å². The number of aryl methyl sites for hydroxylation is 1. The van der Waals surface area contributed by atoms with Gasteiger partial charge in [-0.1, -0.05) is 6.07 Å². The highest BCUT2D eigenvalue weighted by molar-refractivity contribution is 5.52. The molecule has 23 heavy (non-hydrogen) atoms. The summed E-state index contributed by atoms with van der Waals surface area (Å²) in [5.41, 5.74) is 0.326. The number of aromatic nitrogens is 3. The molecule has 0 atom stereocenters. The van der Waals surface area contributed by atoms with Crippen molar-refractivity contribution in [3.8, 4) is 5.88 Å². The number of hydrogen-bond donors (Lipinski definition) is 1. The standard InChI is InChI=1S/C12H12F3N5O3/c1-19-7-18-10(20(21)22)9(19)17-5-8-3-2-4-16-11(8)23-6-12(13,14)15/h2-4,7,17H,5-6H2,1H3. The number of rotatable bonds is 6. The number of halogens is 3. The molecule has 2 rings (SSSR count). The molecular formula is C12H12F3N5O3. The summed E-state index contributed by atoms with van der Waals surface area (Å²) in [6, 6.07) is 3.03. The lowest BCUT2D eigenvalue weighted by Crippen LogP contribution is -2.20. The van der Waals surface area contributed by atoms with Crippen molar-refractivity contribution in [1.29, 1.82) is 0 Å². The van der Waals surface area contributed by atoms with Gasteiger partial charge in [0, 0.05) is 25.4 Å². The van der Waals surface area contributed by atoms with Gasteiger partial charge in [0.1, 0.15) is 0 Å². The number of hydrogen-bond acceptors (Lipinski definition) is 6. The molecule has 1 N–H and O–H groups in total. The lowest BCUT2D eigenvalue weighted by atomic mass is 10.2. The van der Waals surface area contributed by atoms with Crippen molar-refractivity contribution in [2.24, 2.45) is 7.05 Å². The van der Waals surface area contributed by atoms with Crippen molar-refractivity contribution in [2.75, 3.05) is 11.9 Å². The molecule has 0 aliphatic carbocycles. The first-order valence-corrected chi connectivity index (χ1v) is 6.31. The number of alkyl halides is 3. The number of nitrogens with zero attached hydrogens (tertiary/aromatic N) is 4. The fourth-order valence-corrected chi connectivity index (χ4v) is 1.77. The molecule has 0 unspecified atom stereocenters. The molecule has 0 saturated heterocycles. The topological polar surface area (TPSA) is 95.1 Å². The van der Waals surface area contributed by atoms with Gasteiger partial charge in [-0.15, -0.1) is 0 Å². The lowest BCUT2D eigenvalue weighted by Gasteiger charge is -2.12. The summed E-state index contributed by atoms with van der Waals surface area (Å²) < 4.78 is 42.7. The van der Waals surface area contributed by atoms with Crippen molar-refractivity contribution in [2.45, 2.75) is 12.7 Å². The Morgan fingerprint density at radius 3 is 2.83 bits per heavy atom. The van der Waals surface area contributed by atoms with Crippen molar-refractivity contribution < 1.29 is 22.8 Å². The largest absolute Gasteiger partial charge is 0.468 e. The average Bonchev–Trinajstić information content (AvgIpc) is 2.84. The minimum absolute atomic E-state index is 0.0125. The summed E-state index contributed by atoms with van der Waals surface area (Å²) in [6.45, 7) is -1.48. The number of nitrogens with one attached hydrogen (secondary N) is 1. The lowest BCUT2D eigenvalue weighted by molar-refractivity contribution is -0.388. The molecule has 0 amide bonds. The Labute approximate surface area is 128 Å². The number of pyridine rings is 1. The number of anilines is 1. The van der Waals surface area contributed by atoms with E-state index >= 15 is 0 Å². The maximum Gasteiger partial charge on any atom is 0.422 e. The van der Waals surface area contributed by atoms with Crippen molar-refractivity contribution in [3.63, 3.8) is 0 Å². The number of ether oxygens (including phenoxy) is 1.